The number of nitrogens with one attached hydrogen (secondary N) is 1. The van der Waals surface area contributed by atoms with Gasteiger partial charge in [-0.05, 0) is 51.9 Å². The molecule has 138 valence electrons. The molecule has 4 heteroatoms. The molecule has 0 aromatic heterocycles. The topological polar surface area (TPSA) is 72.2 Å². The van der Waals surface area contributed by atoms with E-state index in [0.29, 0.717) is 5.92 Å². The number of carbonyl (C=O) groups excluding carboxylic acids is 2. The number of nitrogens with two attached hydrogens (primary N) is 1. The normalized spacial score (nSPS) is 22.0. The fourth-order valence-electron chi connectivity index (χ4n) is 4.26. The van der Waals surface area contributed by atoms with Gasteiger partial charge in [-0.1, -0.05) is 44.9 Å². The van der Waals surface area contributed by atoms with Crippen molar-refractivity contribution < 1.29 is 9.59 Å². The summed E-state index contributed by atoms with van der Waals surface area (Å²) in [6.07, 6.45) is 11.4. The second kappa shape index (κ2) is 8.35. The standard InChI is InChI=1S/C20H36N2O2/c1-20(2,3)22-19(24)17(13-15-9-6-10-15)16(18(21)23)12-11-14-7-4-5-8-14/h14-17H,4-13H2,1-3H3,(H2,21,23)(H,22,24)/t16-,17?/m0/s1. The summed E-state index contributed by atoms with van der Waals surface area (Å²) in [6, 6.07) is 0. The minimum absolute atomic E-state index is 0.0182. The minimum Gasteiger partial charge on any atom is -0.369 e. The zero-order valence-corrected chi connectivity index (χ0v) is 15.8. The van der Waals surface area contributed by atoms with Crippen LogP contribution in [-0.2, 0) is 9.59 Å². The van der Waals surface area contributed by atoms with Gasteiger partial charge in [0, 0.05) is 17.4 Å². The van der Waals surface area contributed by atoms with Crippen molar-refractivity contribution in [3.05, 3.63) is 0 Å². The summed E-state index contributed by atoms with van der Waals surface area (Å²) in [5.41, 5.74) is 5.46. The van der Waals surface area contributed by atoms with E-state index in [-0.39, 0.29) is 29.2 Å². The van der Waals surface area contributed by atoms with Gasteiger partial charge >= 0.3 is 0 Å². The second-order valence-electron chi connectivity index (χ2n) is 9.12. The first kappa shape index (κ1) is 19.3. The summed E-state index contributed by atoms with van der Waals surface area (Å²) < 4.78 is 0. The van der Waals surface area contributed by atoms with Crippen molar-refractivity contribution in [2.75, 3.05) is 0 Å². The molecule has 0 spiro atoms. The lowest BCUT2D eigenvalue weighted by Gasteiger charge is -2.34. The van der Waals surface area contributed by atoms with Gasteiger partial charge in [0.25, 0.3) is 0 Å². The van der Waals surface area contributed by atoms with E-state index >= 15 is 0 Å². The van der Waals surface area contributed by atoms with E-state index in [0.717, 1.165) is 25.2 Å². The summed E-state index contributed by atoms with van der Waals surface area (Å²) in [5.74, 6) is 0.476. The predicted molar refractivity (Wildman–Crippen MR) is 97.2 cm³/mol. The Morgan fingerprint density at radius 2 is 1.58 bits per heavy atom. The fourth-order valence-corrected chi connectivity index (χ4v) is 4.26. The fraction of sp³-hybridized carbons (Fsp3) is 0.900. The lowest BCUT2D eigenvalue weighted by molar-refractivity contribution is -0.135. The molecule has 0 saturated heterocycles. The van der Waals surface area contributed by atoms with E-state index in [1.165, 1.54) is 44.9 Å². The molecule has 0 aromatic carbocycles. The molecule has 3 N–H and O–H groups in total. The molecule has 2 saturated carbocycles. The average molecular weight is 337 g/mol. The molecule has 0 aliphatic heterocycles. The van der Waals surface area contributed by atoms with Gasteiger partial charge < -0.3 is 11.1 Å². The van der Waals surface area contributed by atoms with Crippen LogP contribution in [0.1, 0.15) is 85.0 Å². The highest BCUT2D eigenvalue weighted by Gasteiger charge is 2.37. The van der Waals surface area contributed by atoms with Gasteiger partial charge in [-0.3, -0.25) is 9.59 Å². The van der Waals surface area contributed by atoms with Gasteiger partial charge in [-0.2, -0.15) is 0 Å². The van der Waals surface area contributed by atoms with Gasteiger partial charge in [0.1, 0.15) is 0 Å². The van der Waals surface area contributed by atoms with E-state index in [1.54, 1.807) is 0 Å². The number of primary amides is 1. The van der Waals surface area contributed by atoms with Gasteiger partial charge in [-0.25, -0.2) is 0 Å². The third-order valence-electron chi connectivity index (χ3n) is 5.86. The van der Waals surface area contributed by atoms with Crippen molar-refractivity contribution >= 4 is 11.8 Å². The number of hydrogen-bond donors (Lipinski definition) is 2. The Kier molecular flexibility index (Phi) is 6.70. The summed E-state index contributed by atoms with van der Waals surface area (Å²) in [7, 11) is 0. The van der Waals surface area contributed by atoms with Gasteiger partial charge in [0.15, 0.2) is 0 Å². The van der Waals surface area contributed by atoms with Crippen molar-refractivity contribution in [1.29, 1.82) is 0 Å². The molecule has 0 bridgehead atoms. The zero-order valence-electron chi connectivity index (χ0n) is 15.8. The highest BCUT2D eigenvalue weighted by molar-refractivity contribution is 5.87. The van der Waals surface area contributed by atoms with Crippen molar-refractivity contribution in [3.63, 3.8) is 0 Å². The lowest BCUT2D eigenvalue weighted by atomic mass is 9.73. The first-order chi connectivity index (χ1) is 11.3. The van der Waals surface area contributed by atoms with E-state index < -0.39 is 0 Å². The molecule has 0 aromatic rings. The molecule has 2 amide bonds. The Bertz CT molecular complexity index is 431. The van der Waals surface area contributed by atoms with Crippen molar-refractivity contribution in [3.8, 4) is 0 Å². The Balaban J connectivity index is 2.03. The van der Waals surface area contributed by atoms with Crippen LogP contribution in [0, 0.1) is 23.7 Å². The number of amides is 2. The lowest BCUT2D eigenvalue weighted by Crippen LogP contribution is -2.48. The maximum atomic E-state index is 12.9. The zero-order chi connectivity index (χ0) is 17.7. The van der Waals surface area contributed by atoms with E-state index in [9.17, 15) is 9.59 Å². The molecule has 2 fully saturated rings. The van der Waals surface area contributed by atoms with E-state index in [4.69, 9.17) is 5.73 Å². The van der Waals surface area contributed by atoms with Crippen LogP contribution in [0.25, 0.3) is 0 Å². The van der Waals surface area contributed by atoms with Gasteiger partial charge in [0.2, 0.25) is 11.8 Å². The quantitative estimate of drug-likeness (QED) is 0.708. The number of hydrogen-bond acceptors (Lipinski definition) is 2. The molecule has 24 heavy (non-hydrogen) atoms. The Morgan fingerprint density at radius 1 is 1.00 bits per heavy atom. The molecule has 1 unspecified atom stereocenters. The van der Waals surface area contributed by atoms with Crippen LogP contribution in [0.2, 0.25) is 0 Å². The van der Waals surface area contributed by atoms with Gasteiger partial charge in [0.05, 0.1) is 0 Å². The van der Waals surface area contributed by atoms with Crippen molar-refractivity contribution in [1.82, 2.24) is 5.32 Å². The van der Waals surface area contributed by atoms with Crippen LogP contribution in [0.3, 0.4) is 0 Å². The molecular formula is C20H36N2O2. The monoisotopic (exact) mass is 336 g/mol. The molecule has 2 aliphatic carbocycles. The highest BCUT2D eigenvalue weighted by Crippen LogP contribution is 2.37. The van der Waals surface area contributed by atoms with Crippen molar-refractivity contribution in [2.24, 2.45) is 29.4 Å². The van der Waals surface area contributed by atoms with Crippen LogP contribution < -0.4 is 11.1 Å². The molecule has 2 aliphatic rings. The van der Waals surface area contributed by atoms with Crippen LogP contribution in [0.5, 0.6) is 0 Å². The van der Waals surface area contributed by atoms with Gasteiger partial charge in [-0.15, -0.1) is 0 Å². The van der Waals surface area contributed by atoms with E-state index in [2.05, 4.69) is 5.32 Å². The first-order valence-corrected chi connectivity index (χ1v) is 9.87. The number of carbonyl (C=O) groups is 2. The van der Waals surface area contributed by atoms with Crippen LogP contribution in [0.15, 0.2) is 0 Å². The Morgan fingerprint density at radius 3 is 2.04 bits per heavy atom. The van der Waals surface area contributed by atoms with Crippen LogP contribution in [-0.4, -0.2) is 17.4 Å². The molecule has 0 radical (unpaired) electrons. The average Bonchev–Trinajstić information content (AvgIpc) is 2.90. The summed E-state index contributed by atoms with van der Waals surface area (Å²) in [6.45, 7) is 5.97. The molecule has 0 heterocycles. The first-order valence-electron chi connectivity index (χ1n) is 9.87. The van der Waals surface area contributed by atoms with Crippen LogP contribution >= 0.6 is 0 Å². The molecule has 2 rings (SSSR count). The third kappa shape index (κ3) is 5.78. The third-order valence-corrected chi connectivity index (χ3v) is 5.86. The largest absolute Gasteiger partial charge is 0.369 e. The Hall–Kier alpha value is -1.06. The Labute approximate surface area is 147 Å². The highest BCUT2D eigenvalue weighted by atomic mass is 16.2. The number of rotatable bonds is 8. The molecule has 2 atom stereocenters. The summed E-state index contributed by atoms with van der Waals surface area (Å²) in [5, 5.41) is 3.09. The molecule has 4 nitrogen and oxygen atoms in total. The predicted octanol–water partition coefficient (Wildman–Crippen LogP) is 3.78. The summed E-state index contributed by atoms with van der Waals surface area (Å²) in [4.78, 5) is 25.0. The SMILES string of the molecule is CC(C)(C)NC(=O)C(CC1CCC1)[C@H](CCC1CCCC1)C(N)=O. The minimum atomic E-state index is -0.312. The maximum Gasteiger partial charge on any atom is 0.224 e. The second-order valence-corrected chi connectivity index (χ2v) is 9.12. The maximum absolute atomic E-state index is 12.9. The summed E-state index contributed by atoms with van der Waals surface area (Å²) >= 11 is 0. The molecular weight excluding hydrogens is 300 g/mol. The van der Waals surface area contributed by atoms with E-state index in [1.807, 2.05) is 20.8 Å². The smallest absolute Gasteiger partial charge is 0.224 e. The van der Waals surface area contributed by atoms with Crippen molar-refractivity contribution in [2.45, 2.75) is 90.5 Å². The van der Waals surface area contributed by atoms with Crippen LogP contribution in [0.4, 0.5) is 0 Å².